The molecule has 2 rings (SSSR count). The second kappa shape index (κ2) is 6.47. The molecule has 2 heterocycles. The number of ether oxygens (including phenoxy) is 1. The molecule has 1 unspecified atom stereocenters. The van der Waals surface area contributed by atoms with Gasteiger partial charge in [-0.05, 0) is 31.7 Å². The standard InChI is InChI=1S/C12H19N5O3/c1-20-12-10(17(18)19)11(14-8-15-12)16-6-2-3-9(7-16)4-5-13/h8-9H,2-7,13H2,1H3. The van der Waals surface area contributed by atoms with Crippen LogP contribution in [0.4, 0.5) is 11.5 Å². The van der Waals surface area contributed by atoms with Crippen molar-refractivity contribution in [3.63, 3.8) is 0 Å². The molecule has 1 aromatic rings. The molecule has 0 bridgehead atoms. The Morgan fingerprint density at radius 1 is 1.60 bits per heavy atom. The van der Waals surface area contributed by atoms with Crippen molar-refractivity contribution in [2.24, 2.45) is 11.7 Å². The number of nitrogens with two attached hydrogens (primary N) is 1. The van der Waals surface area contributed by atoms with Gasteiger partial charge >= 0.3 is 5.69 Å². The molecule has 0 spiro atoms. The molecular weight excluding hydrogens is 262 g/mol. The van der Waals surface area contributed by atoms with E-state index in [-0.39, 0.29) is 11.6 Å². The zero-order chi connectivity index (χ0) is 14.5. The molecular formula is C12H19N5O3. The maximum Gasteiger partial charge on any atom is 0.372 e. The van der Waals surface area contributed by atoms with Gasteiger partial charge in [0.05, 0.1) is 12.0 Å². The third-order valence-electron chi connectivity index (χ3n) is 3.54. The molecule has 0 saturated carbocycles. The first-order valence-electron chi connectivity index (χ1n) is 6.65. The lowest BCUT2D eigenvalue weighted by Gasteiger charge is -2.33. The summed E-state index contributed by atoms with van der Waals surface area (Å²) in [7, 11) is 1.37. The third-order valence-corrected chi connectivity index (χ3v) is 3.54. The van der Waals surface area contributed by atoms with Crippen LogP contribution >= 0.6 is 0 Å². The molecule has 0 radical (unpaired) electrons. The maximum atomic E-state index is 11.3. The number of rotatable bonds is 5. The van der Waals surface area contributed by atoms with Gasteiger partial charge in [-0.1, -0.05) is 0 Å². The highest BCUT2D eigenvalue weighted by Gasteiger charge is 2.30. The molecule has 0 amide bonds. The Kier molecular flexibility index (Phi) is 4.67. The van der Waals surface area contributed by atoms with E-state index in [0.29, 0.717) is 18.3 Å². The number of piperidine rings is 1. The van der Waals surface area contributed by atoms with Crippen molar-refractivity contribution in [2.45, 2.75) is 19.3 Å². The number of anilines is 1. The van der Waals surface area contributed by atoms with E-state index in [0.717, 1.165) is 32.4 Å². The van der Waals surface area contributed by atoms with Crippen LogP contribution in [-0.4, -0.2) is 41.6 Å². The first-order chi connectivity index (χ1) is 9.67. The molecule has 0 aromatic carbocycles. The van der Waals surface area contributed by atoms with Crippen LogP contribution in [0.5, 0.6) is 5.88 Å². The molecule has 8 heteroatoms. The molecule has 0 aliphatic carbocycles. The van der Waals surface area contributed by atoms with Crippen LogP contribution in [0.2, 0.25) is 0 Å². The van der Waals surface area contributed by atoms with Gasteiger partial charge in [0, 0.05) is 13.1 Å². The summed E-state index contributed by atoms with van der Waals surface area (Å²) < 4.78 is 4.97. The lowest BCUT2D eigenvalue weighted by atomic mass is 9.95. The van der Waals surface area contributed by atoms with Crippen LogP contribution in [-0.2, 0) is 0 Å². The lowest BCUT2D eigenvalue weighted by molar-refractivity contribution is -0.385. The Morgan fingerprint density at radius 3 is 3.05 bits per heavy atom. The number of nitrogens with zero attached hydrogens (tertiary/aromatic N) is 4. The predicted molar refractivity (Wildman–Crippen MR) is 73.8 cm³/mol. The largest absolute Gasteiger partial charge is 0.476 e. The van der Waals surface area contributed by atoms with Crippen LogP contribution in [0.1, 0.15) is 19.3 Å². The Morgan fingerprint density at radius 2 is 2.40 bits per heavy atom. The van der Waals surface area contributed by atoms with Crippen molar-refractivity contribution in [3.05, 3.63) is 16.4 Å². The number of nitro groups is 1. The van der Waals surface area contributed by atoms with Gasteiger partial charge < -0.3 is 15.4 Å². The first kappa shape index (κ1) is 14.4. The molecule has 110 valence electrons. The fourth-order valence-corrected chi connectivity index (χ4v) is 2.62. The van der Waals surface area contributed by atoms with Crippen molar-refractivity contribution < 1.29 is 9.66 Å². The van der Waals surface area contributed by atoms with E-state index in [2.05, 4.69) is 9.97 Å². The number of methoxy groups -OCH3 is 1. The Bertz CT molecular complexity index is 480. The van der Waals surface area contributed by atoms with Crippen molar-refractivity contribution >= 4 is 11.5 Å². The molecule has 1 aliphatic rings. The minimum atomic E-state index is -0.485. The van der Waals surface area contributed by atoms with E-state index in [4.69, 9.17) is 10.5 Å². The van der Waals surface area contributed by atoms with Crippen LogP contribution < -0.4 is 15.4 Å². The molecule has 1 aromatic heterocycles. The number of aromatic nitrogens is 2. The summed E-state index contributed by atoms with van der Waals surface area (Å²) in [5.74, 6) is 0.791. The summed E-state index contributed by atoms with van der Waals surface area (Å²) in [5, 5.41) is 11.3. The van der Waals surface area contributed by atoms with E-state index < -0.39 is 4.92 Å². The monoisotopic (exact) mass is 281 g/mol. The average Bonchev–Trinajstić information content (AvgIpc) is 2.47. The zero-order valence-electron chi connectivity index (χ0n) is 11.5. The highest BCUT2D eigenvalue weighted by molar-refractivity contribution is 5.62. The third kappa shape index (κ3) is 2.96. The zero-order valence-corrected chi connectivity index (χ0v) is 11.5. The van der Waals surface area contributed by atoms with Gasteiger partial charge in [-0.2, -0.15) is 4.98 Å². The van der Waals surface area contributed by atoms with Gasteiger partial charge in [-0.15, -0.1) is 0 Å². The van der Waals surface area contributed by atoms with Gasteiger partial charge in [0.25, 0.3) is 5.88 Å². The summed E-state index contributed by atoms with van der Waals surface area (Å²) >= 11 is 0. The minimum Gasteiger partial charge on any atom is -0.476 e. The predicted octanol–water partition coefficient (Wildman–Crippen LogP) is 0.959. The fraction of sp³-hybridized carbons (Fsp3) is 0.667. The van der Waals surface area contributed by atoms with Gasteiger partial charge in [0.15, 0.2) is 0 Å². The van der Waals surface area contributed by atoms with Crippen LogP contribution in [0.25, 0.3) is 0 Å². The second-order valence-corrected chi connectivity index (χ2v) is 4.84. The van der Waals surface area contributed by atoms with Gasteiger partial charge in [-0.25, -0.2) is 4.98 Å². The summed E-state index contributed by atoms with van der Waals surface area (Å²) in [4.78, 5) is 20.6. The normalized spacial score (nSPS) is 18.9. The van der Waals surface area contributed by atoms with E-state index in [1.54, 1.807) is 0 Å². The summed E-state index contributed by atoms with van der Waals surface area (Å²) in [5.41, 5.74) is 5.43. The highest BCUT2D eigenvalue weighted by atomic mass is 16.6. The molecule has 2 N–H and O–H groups in total. The average molecular weight is 281 g/mol. The summed E-state index contributed by atoms with van der Waals surface area (Å²) in [6, 6.07) is 0. The molecule has 8 nitrogen and oxygen atoms in total. The molecule has 1 atom stereocenters. The number of hydrogen-bond donors (Lipinski definition) is 1. The maximum absolute atomic E-state index is 11.3. The topological polar surface area (TPSA) is 107 Å². The van der Waals surface area contributed by atoms with E-state index in [1.165, 1.54) is 13.4 Å². The first-order valence-corrected chi connectivity index (χ1v) is 6.65. The van der Waals surface area contributed by atoms with Gasteiger partial charge in [0.2, 0.25) is 5.82 Å². The molecule has 1 aliphatic heterocycles. The molecule has 20 heavy (non-hydrogen) atoms. The lowest BCUT2D eigenvalue weighted by Crippen LogP contribution is -2.37. The Hall–Kier alpha value is -1.96. The van der Waals surface area contributed by atoms with Crippen LogP contribution in [0, 0.1) is 16.0 Å². The van der Waals surface area contributed by atoms with Crippen molar-refractivity contribution in [1.82, 2.24) is 9.97 Å². The highest BCUT2D eigenvalue weighted by Crippen LogP contribution is 2.35. The molecule has 1 fully saturated rings. The fourth-order valence-electron chi connectivity index (χ4n) is 2.62. The van der Waals surface area contributed by atoms with Crippen molar-refractivity contribution in [1.29, 1.82) is 0 Å². The smallest absolute Gasteiger partial charge is 0.372 e. The van der Waals surface area contributed by atoms with E-state index in [1.807, 2.05) is 4.90 Å². The molecule has 1 saturated heterocycles. The van der Waals surface area contributed by atoms with Gasteiger partial charge in [0.1, 0.15) is 6.33 Å². The van der Waals surface area contributed by atoms with E-state index in [9.17, 15) is 10.1 Å². The van der Waals surface area contributed by atoms with Crippen LogP contribution in [0.15, 0.2) is 6.33 Å². The van der Waals surface area contributed by atoms with Crippen LogP contribution in [0.3, 0.4) is 0 Å². The quantitative estimate of drug-likeness (QED) is 0.632. The van der Waals surface area contributed by atoms with Crippen molar-refractivity contribution in [2.75, 3.05) is 31.6 Å². The second-order valence-electron chi connectivity index (χ2n) is 4.84. The minimum absolute atomic E-state index is 0.000878. The van der Waals surface area contributed by atoms with Crippen molar-refractivity contribution in [3.8, 4) is 5.88 Å². The van der Waals surface area contributed by atoms with Gasteiger partial charge in [-0.3, -0.25) is 10.1 Å². The number of hydrogen-bond acceptors (Lipinski definition) is 7. The SMILES string of the molecule is COc1ncnc(N2CCCC(CCN)C2)c1[N+](=O)[O-]. The Labute approximate surface area is 117 Å². The summed E-state index contributed by atoms with van der Waals surface area (Å²) in [6.07, 6.45) is 4.30. The summed E-state index contributed by atoms with van der Waals surface area (Å²) in [6.45, 7) is 2.12. The van der Waals surface area contributed by atoms with E-state index >= 15 is 0 Å². The Balaban J connectivity index is 2.29.